The van der Waals surface area contributed by atoms with E-state index in [1.807, 2.05) is 32.0 Å². The van der Waals surface area contributed by atoms with Crippen LogP contribution in [0, 0.1) is 11.8 Å². The minimum atomic E-state index is -0.705. The molecule has 1 heterocycles. The third-order valence-corrected chi connectivity index (χ3v) is 7.69. The summed E-state index contributed by atoms with van der Waals surface area (Å²) in [7, 11) is 0. The molecule has 3 N–H and O–H groups in total. The summed E-state index contributed by atoms with van der Waals surface area (Å²) in [6.45, 7) is 11.5. The molecule has 39 heavy (non-hydrogen) atoms. The van der Waals surface area contributed by atoms with Gasteiger partial charge in [-0.1, -0.05) is 70.2 Å². The SMILES string of the molecule is CCC(CC)C(=O)N1CCCC1C(=O)NC(Cc1ccc2ccccc2c1)C(=O)NCCCCNCC(C)C. The van der Waals surface area contributed by atoms with E-state index in [1.54, 1.807) is 4.90 Å². The molecule has 214 valence electrons. The second kappa shape index (κ2) is 15.6. The van der Waals surface area contributed by atoms with Crippen molar-refractivity contribution in [2.75, 3.05) is 26.2 Å². The van der Waals surface area contributed by atoms with Gasteiger partial charge in [0.2, 0.25) is 17.7 Å². The van der Waals surface area contributed by atoms with Crippen LogP contribution in [0.1, 0.15) is 71.8 Å². The molecule has 3 rings (SSSR count). The van der Waals surface area contributed by atoms with Crippen LogP contribution in [-0.2, 0) is 20.8 Å². The molecule has 0 bridgehead atoms. The van der Waals surface area contributed by atoms with Gasteiger partial charge in [0.1, 0.15) is 12.1 Å². The zero-order valence-electron chi connectivity index (χ0n) is 24.3. The van der Waals surface area contributed by atoms with Crippen LogP contribution in [0.15, 0.2) is 42.5 Å². The van der Waals surface area contributed by atoms with Gasteiger partial charge in [0.15, 0.2) is 0 Å². The second-order valence-corrected chi connectivity index (χ2v) is 11.2. The summed E-state index contributed by atoms with van der Waals surface area (Å²) in [5.41, 5.74) is 0.989. The van der Waals surface area contributed by atoms with Gasteiger partial charge in [-0.15, -0.1) is 0 Å². The van der Waals surface area contributed by atoms with E-state index in [2.05, 4.69) is 54.1 Å². The first-order valence-electron chi connectivity index (χ1n) is 14.9. The van der Waals surface area contributed by atoms with E-state index >= 15 is 0 Å². The Morgan fingerprint density at radius 2 is 1.69 bits per heavy atom. The lowest BCUT2D eigenvalue weighted by molar-refractivity contribution is -0.142. The Bertz CT molecular complexity index is 1080. The Balaban J connectivity index is 1.67. The van der Waals surface area contributed by atoms with Crippen molar-refractivity contribution in [2.45, 2.75) is 84.7 Å². The van der Waals surface area contributed by atoms with E-state index < -0.39 is 12.1 Å². The summed E-state index contributed by atoms with van der Waals surface area (Å²) >= 11 is 0. The number of fused-ring (bicyclic) bond motifs is 1. The molecule has 7 nitrogen and oxygen atoms in total. The molecule has 7 heteroatoms. The van der Waals surface area contributed by atoms with Crippen LogP contribution in [0.4, 0.5) is 0 Å². The Kier molecular flexibility index (Phi) is 12.2. The summed E-state index contributed by atoms with van der Waals surface area (Å²) in [6, 6.07) is 13.1. The van der Waals surface area contributed by atoms with Gasteiger partial charge in [0.05, 0.1) is 0 Å². The van der Waals surface area contributed by atoms with Gasteiger partial charge in [-0.3, -0.25) is 14.4 Å². The number of hydrogen-bond acceptors (Lipinski definition) is 4. The minimum Gasteiger partial charge on any atom is -0.354 e. The molecule has 0 aliphatic carbocycles. The lowest BCUT2D eigenvalue weighted by atomic mass is 10.00. The highest BCUT2D eigenvalue weighted by Gasteiger charge is 2.37. The monoisotopic (exact) mass is 536 g/mol. The summed E-state index contributed by atoms with van der Waals surface area (Å²) in [6.07, 6.45) is 5.20. The zero-order chi connectivity index (χ0) is 28.2. The Hall–Kier alpha value is -2.93. The number of amides is 3. The maximum Gasteiger partial charge on any atom is 0.243 e. The van der Waals surface area contributed by atoms with Gasteiger partial charge >= 0.3 is 0 Å². The van der Waals surface area contributed by atoms with Crippen molar-refractivity contribution in [3.63, 3.8) is 0 Å². The molecule has 0 spiro atoms. The number of hydrogen-bond donors (Lipinski definition) is 3. The van der Waals surface area contributed by atoms with Crippen LogP contribution in [0.2, 0.25) is 0 Å². The first-order valence-corrected chi connectivity index (χ1v) is 14.9. The Morgan fingerprint density at radius 3 is 2.41 bits per heavy atom. The van der Waals surface area contributed by atoms with Crippen molar-refractivity contribution in [1.29, 1.82) is 0 Å². The van der Waals surface area contributed by atoms with Crippen molar-refractivity contribution in [3.8, 4) is 0 Å². The van der Waals surface area contributed by atoms with Gasteiger partial charge < -0.3 is 20.9 Å². The molecule has 2 unspecified atom stereocenters. The fourth-order valence-electron chi connectivity index (χ4n) is 5.35. The first-order chi connectivity index (χ1) is 18.8. The average molecular weight is 537 g/mol. The van der Waals surface area contributed by atoms with E-state index in [0.717, 1.165) is 61.5 Å². The molecule has 2 atom stereocenters. The third kappa shape index (κ3) is 9.06. The topological polar surface area (TPSA) is 90.5 Å². The van der Waals surface area contributed by atoms with Crippen molar-refractivity contribution < 1.29 is 14.4 Å². The molecule has 0 radical (unpaired) electrons. The largest absolute Gasteiger partial charge is 0.354 e. The summed E-state index contributed by atoms with van der Waals surface area (Å²) in [4.78, 5) is 41.7. The maximum atomic E-state index is 13.5. The number of carbonyl (C=O) groups is 3. The summed E-state index contributed by atoms with van der Waals surface area (Å²) < 4.78 is 0. The number of unbranched alkanes of at least 4 members (excludes halogenated alkanes) is 1. The standard InChI is InChI=1S/C32H48N4O3/c1-5-25(6-2)32(39)36-19-11-14-29(36)31(38)35-28(30(37)34-18-10-9-17-33-22-23(3)4)21-24-15-16-26-12-7-8-13-27(26)20-24/h7-8,12-13,15-16,20,23,25,28-29,33H,5-6,9-11,14,17-19,21-22H2,1-4H3,(H,34,37)(H,35,38). The van der Waals surface area contributed by atoms with Gasteiger partial charge in [-0.2, -0.15) is 0 Å². The maximum absolute atomic E-state index is 13.5. The number of likely N-dealkylation sites (tertiary alicyclic amines) is 1. The molecule has 0 saturated carbocycles. The Labute approximate surface area is 234 Å². The van der Waals surface area contributed by atoms with Crippen LogP contribution < -0.4 is 16.0 Å². The minimum absolute atomic E-state index is 0.0549. The fourth-order valence-corrected chi connectivity index (χ4v) is 5.35. The molecular weight excluding hydrogens is 488 g/mol. The van der Waals surface area contributed by atoms with E-state index in [9.17, 15) is 14.4 Å². The zero-order valence-corrected chi connectivity index (χ0v) is 24.3. The molecule has 0 aromatic heterocycles. The van der Waals surface area contributed by atoms with Crippen LogP contribution in [-0.4, -0.2) is 60.9 Å². The van der Waals surface area contributed by atoms with Gasteiger partial charge in [-0.05, 0) is 73.9 Å². The van der Waals surface area contributed by atoms with E-state index in [1.165, 1.54) is 0 Å². The van der Waals surface area contributed by atoms with E-state index in [0.29, 0.717) is 31.8 Å². The highest BCUT2D eigenvalue weighted by atomic mass is 16.2. The first kappa shape index (κ1) is 30.6. The van der Waals surface area contributed by atoms with Gasteiger partial charge in [0, 0.05) is 25.4 Å². The number of nitrogens with one attached hydrogen (secondary N) is 3. The molecule has 2 aromatic rings. The summed E-state index contributed by atoms with van der Waals surface area (Å²) in [5, 5.41) is 11.7. The second-order valence-electron chi connectivity index (χ2n) is 11.2. The van der Waals surface area contributed by atoms with Crippen LogP contribution >= 0.6 is 0 Å². The van der Waals surface area contributed by atoms with Crippen LogP contribution in [0.5, 0.6) is 0 Å². The fraction of sp³-hybridized carbons (Fsp3) is 0.594. The third-order valence-electron chi connectivity index (χ3n) is 7.69. The van der Waals surface area contributed by atoms with Crippen molar-refractivity contribution in [1.82, 2.24) is 20.9 Å². The highest BCUT2D eigenvalue weighted by Crippen LogP contribution is 2.23. The quantitative estimate of drug-likeness (QED) is 0.294. The number of rotatable bonds is 15. The van der Waals surface area contributed by atoms with Gasteiger partial charge in [0.25, 0.3) is 0 Å². The highest BCUT2D eigenvalue weighted by molar-refractivity contribution is 5.93. The van der Waals surface area contributed by atoms with Crippen molar-refractivity contribution in [2.24, 2.45) is 11.8 Å². The molecule has 2 aromatic carbocycles. The van der Waals surface area contributed by atoms with Crippen LogP contribution in [0.25, 0.3) is 10.8 Å². The van der Waals surface area contributed by atoms with E-state index in [4.69, 9.17) is 0 Å². The lowest BCUT2D eigenvalue weighted by Gasteiger charge is -2.29. The molecule has 1 aliphatic rings. The summed E-state index contributed by atoms with van der Waals surface area (Å²) in [5.74, 6) is 0.197. The lowest BCUT2D eigenvalue weighted by Crippen LogP contribution is -2.54. The average Bonchev–Trinajstić information content (AvgIpc) is 3.43. The smallest absolute Gasteiger partial charge is 0.243 e. The van der Waals surface area contributed by atoms with Crippen molar-refractivity contribution in [3.05, 3.63) is 48.0 Å². The van der Waals surface area contributed by atoms with Gasteiger partial charge in [-0.25, -0.2) is 0 Å². The predicted octanol–water partition coefficient (Wildman–Crippen LogP) is 4.44. The van der Waals surface area contributed by atoms with E-state index in [-0.39, 0.29) is 23.6 Å². The molecule has 1 aliphatic heterocycles. The molecule has 3 amide bonds. The molecule has 1 fully saturated rings. The predicted molar refractivity (Wildman–Crippen MR) is 158 cm³/mol. The number of carbonyl (C=O) groups excluding carboxylic acids is 3. The van der Waals surface area contributed by atoms with Crippen molar-refractivity contribution >= 4 is 28.5 Å². The number of nitrogens with zero attached hydrogens (tertiary/aromatic N) is 1. The molecule has 1 saturated heterocycles. The number of benzene rings is 2. The normalized spacial score (nSPS) is 16.2. The molecular formula is C32H48N4O3. The van der Waals surface area contributed by atoms with Crippen LogP contribution in [0.3, 0.4) is 0 Å². The Morgan fingerprint density at radius 1 is 0.974 bits per heavy atom.